The van der Waals surface area contributed by atoms with Crippen LogP contribution in [0.1, 0.15) is 29.9 Å². The molecular weight excluding hydrogens is 483 g/mol. The third-order valence-corrected chi connectivity index (χ3v) is 7.31. The summed E-state index contributed by atoms with van der Waals surface area (Å²) in [5.74, 6) is -0.0799. The monoisotopic (exact) mass is 516 g/mol. The fourth-order valence-corrected chi connectivity index (χ4v) is 5.43. The molecule has 1 saturated carbocycles. The van der Waals surface area contributed by atoms with Gasteiger partial charge in [-0.25, -0.2) is 13.9 Å². The minimum absolute atomic E-state index is 0.195. The van der Waals surface area contributed by atoms with Crippen molar-refractivity contribution in [2.24, 2.45) is 13.0 Å². The molecule has 8 nitrogen and oxygen atoms in total. The molecule has 2 aromatic carbocycles. The van der Waals surface area contributed by atoms with Crippen molar-refractivity contribution in [2.45, 2.75) is 37.9 Å². The summed E-state index contributed by atoms with van der Waals surface area (Å²) < 4.78 is 24.3. The topological polar surface area (TPSA) is 86.0 Å². The van der Waals surface area contributed by atoms with Gasteiger partial charge in [0.25, 0.3) is 0 Å². The molecule has 0 spiro atoms. The molecule has 0 saturated heterocycles. The van der Waals surface area contributed by atoms with E-state index in [1.807, 2.05) is 80.8 Å². The van der Waals surface area contributed by atoms with E-state index < -0.39 is 18.1 Å². The van der Waals surface area contributed by atoms with Crippen LogP contribution in [0.5, 0.6) is 0 Å². The molecule has 1 fully saturated rings. The van der Waals surface area contributed by atoms with Crippen LogP contribution in [0, 0.1) is 12.8 Å². The van der Waals surface area contributed by atoms with E-state index >= 15 is 4.39 Å². The molecule has 0 radical (unpaired) electrons. The zero-order valence-electron chi connectivity index (χ0n) is 21.8. The summed E-state index contributed by atoms with van der Waals surface area (Å²) in [5.41, 5.74) is 4.08. The molecule has 2 heterocycles. The SMILES string of the molecule is COCC[C@@H]1C[C@@H](NC(=O)Nc2c(C)c(-c3cnn(C)c3)nn2-c2ccccc2)[C@H](c2ccccc2)[C@H]1F. The van der Waals surface area contributed by atoms with Gasteiger partial charge in [0.2, 0.25) is 0 Å². The Labute approximate surface area is 221 Å². The standard InChI is InChI=1S/C29H33FN6O2/c1-19-27(22-17-31-35(2)18-22)34-36(23-12-8-5-9-13-23)28(19)33-29(37)32-24-16-21(14-15-38-3)26(30)25(24)20-10-6-4-7-11-20/h4-13,17-18,21,24-26H,14-16H2,1-3H3,(H2,32,33,37)/t21-,24-,25+,26+/m1/s1. The number of aromatic nitrogens is 4. The first kappa shape index (κ1) is 25.7. The summed E-state index contributed by atoms with van der Waals surface area (Å²) >= 11 is 0. The number of benzene rings is 2. The van der Waals surface area contributed by atoms with E-state index in [4.69, 9.17) is 9.84 Å². The van der Waals surface area contributed by atoms with Crippen molar-refractivity contribution in [3.8, 4) is 16.9 Å². The van der Waals surface area contributed by atoms with Crippen LogP contribution in [-0.4, -0.2) is 51.5 Å². The molecule has 9 heteroatoms. The number of carbonyl (C=O) groups is 1. The van der Waals surface area contributed by atoms with Crippen molar-refractivity contribution in [2.75, 3.05) is 19.0 Å². The highest BCUT2D eigenvalue weighted by Crippen LogP contribution is 2.42. The molecule has 2 amide bonds. The largest absolute Gasteiger partial charge is 0.385 e. The van der Waals surface area contributed by atoms with E-state index in [9.17, 15) is 4.79 Å². The van der Waals surface area contributed by atoms with Gasteiger partial charge in [-0.2, -0.15) is 10.2 Å². The van der Waals surface area contributed by atoms with Gasteiger partial charge < -0.3 is 10.1 Å². The highest BCUT2D eigenvalue weighted by atomic mass is 19.1. The lowest BCUT2D eigenvalue weighted by Gasteiger charge is -2.23. The number of alkyl halides is 1. The maximum atomic E-state index is 15.7. The lowest BCUT2D eigenvalue weighted by Crippen LogP contribution is -2.40. The fourth-order valence-electron chi connectivity index (χ4n) is 5.43. The van der Waals surface area contributed by atoms with Gasteiger partial charge in [0, 0.05) is 50.0 Å². The summed E-state index contributed by atoms with van der Waals surface area (Å²) in [7, 11) is 3.47. The molecule has 5 rings (SSSR count). The second-order valence-corrected chi connectivity index (χ2v) is 9.84. The molecule has 198 valence electrons. The number of rotatable bonds is 8. The van der Waals surface area contributed by atoms with Crippen molar-refractivity contribution in [1.29, 1.82) is 0 Å². The Bertz CT molecular complexity index is 1370. The Hall–Kier alpha value is -3.98. The van der Waals surface area contributed by atoms with Gasteiger partial charge in [-0.1, -0.05) is 48.5 Å². The predicted molar refractivity (Wildman–Crippen MR) is 145 cm³/mol. The molecular formula is C29H33FN6O2. The Morgan fingerprint density at radius 1 is 1.13 bits per heavy atom. The zero-order valence-corrected chi connectivity index (χ0v) is 21.8. The summed E-state index contributed by atoms with van der Waals surface area (Å²) in [6.45, 7) is 2.41. The van der Waals surface area contributed by atoms with Crippen LogP contribution in [0.3, 0.4) is 0 Å². The van der Waals surface area contributed by atoms with Crippen molar-refractivity contribution in [3.63, 3.8) is 0 Å². The third-order valence-electron chi connectivity index (χ3n) is 7.31. The van der Waals surface area contributed by atoms with Crippen LogP contribution in [0.2, 0.25) is 0 Å². The first-order valence-electron chi connectivity index (χ1n) is 12.9. The molecule has 0 aliphatic heterocycles. The molecule has 2 N–H and O–H groups in total. The number of hydrogen-bond acceptors (Lipinski definition) is 4. The minimum atomic E-state index is -1.08. The van der Waals surface area contributed by atoms with E-state index in [0.29, 0.717) is 25.3 Å². The number of para-hydroxylation sites is 1. The number of anilines is 1. The highest BCUT2D eigenvalue weighted by molar-refractivity contribution is 5.91. The number of halogens is 1. The average molecular weight is 517 g/mol. The number of methoxy groups -OCH3 is 1. The van der Waals surface area contributed by atoms with Gasteiger partial charge in [-0.15, -0.1) is 0 Å². The van der Waals surface area contributed by atoms with Crippen LogP contribution in [0.4, 0.5) is 15.0 Å². The quantitative estimate of drug-likeness (QED) is 0.335. The molecule has 1 aliphatic rings. The maximum Gasteiger partial charge on any atom is 0.320 e. The van der Waals surface area contributed by atoms with Gasteiger partial charge in [0.1, 0.15) is 17.7 Å². The second-order valence-electron chi connectivity index (χ2n) is 9.84. The Morgan fingerprint density at radius 3 is 2.50 bits per heavy atom. The van der Waals surface area contributed by atoms with Crippen LogP contribution < -0.4 is 10.6 Å². The van der Waals surface area contributed by atoms with Crippen molar-refractivity contribution in [1.82, 2.24) is 24.9 Å². The van der Waals surface area contributed by atoms with E-state index in [1.54, 1.807) is 22.7 Å². The lowest BCUT2D eigenvalue weighted by molar-refractivity contribution is 0.150. The fraction of sp³-hybridized carbons (Fsp3) is 0.345. The van der Waals surface area contributed by atoms with Crippen molar-refractivity contribution in [3.05, 3.63) is 84.2 Å². The lowest BCUT2D eigenvalue weighted by atomic mass is 9.91. The van der Waals surface area contributed by atoms with Crippen molar-refractivity contribution >= 4 is 11.8 Å². The maximum absolute atomic E-state index is 15.7. The summed E-state index contributed by atoms with van der Waals surface area (Å²) in [5, 5.41) is 15.2. The normalized spacial score (nSPS) is 20.9. The van der Waals surface area contributed by atoms with Gasteiger partial charge >= 0.3 is 6.03 Å². The number of urea groups is 1. The van der Waals surface area contributed by atoms with Crippen LogP contribution in [-0.2, 0) is 11.8 Å². The van der Waals surface area contributed by atoms with Crippen LogP contribution in [0.25, 0.3) is 16.9 Å². The minimum Gasteiger partial charge on any atom is -0.385 e. The van der Waals surface area contributed by atoms with Gasteiger partial charge in [0.15, 0.2) is 0 Å². The first-order chi connectivity index (χ1) is 18.5. The highest BCUT2D eigenvalue weighted by Gasteiger charge is 2.45. The molecule has 4 atom stereocenters. The molecule has 38 heavy (non-hydrogen) atoms. The predicted octanol–water partition coefficient (Wildman–Crippen LogP) is 5.25. The second kappa shape index (κ2) is 11.2. The van der Waals surface area contributed by atoms with Crippen LogP contribution in [0.15, 0.2) is 73.1 Å². The van der Waals surface area contributed by atoms with Gasteiger partial charge in [0.05, 0.1) is 11.9 Å². The first-order valence-corrected chi connectivity index (χ1v) is 12.9. The number of aryl methyl sites for hydroxylation is 1. The van der Waals surface area contributed by atoms with E-state index in [1.165, 1.54) is 0 Å². The third kappa shape index (κ3) is 5.19. The number of hydrogen-bond donors (Lipinski definition) is 2. The smallest absolute Gasteiger partial charge is 0.320 e. The van der Waals surface area contributed by atoms with E-state index in [0.717, 1.165) is 28.1 Å². The number of ether oxygens (including phenoxy) is 1. The summed E-state index contributed by atoms with van der Waals surface area (Å²) in [6.07, 6.45) is 3.70. The van der Waals surface area contributed by atoms with Crippen LogP contribution >= 0.6 is 0 Å². The summed E-state index contributed by atoms with van der Waals surface area (Å²) in [4.78, 5) is 13.4. The molecule has 0 unspecified atom stereocenters. The Morgan fingerprint density at radius 2 is 1.84 bits per heavy atom. The van der Waals surface area contributed by atoms with Crippen molar-refractivity contribution < 1.29 is 13.9 Å². The van der Waals surface area contributed by atoms with Gasteiger partial charge in [-0.05, 0) is 43.4 Å². The van der Waals surface area contributed by atoms with E-state index in [2.05, 4.69) is 15.7 Å². The van der Waals surface area contributed by atoms with E-state index in [-0.39, 0.29) is 12.0 Å². The number of amides is 2. The summed E-state index contributed by atoms with van der Waals surface area (Å²) in [6, 6.07) is 18.5. The zero-order chi connectivity index (χ0) is 26.6. The number of nitrogens with zero attached hydrogens (tertiary/aromatic N) is 4. The number of nitrogens with one attached hydrogen (secondary N) is 2. The average Bonchev–Trinajstić information content (AvgIpc) is 3.59. The molecule has 1 aliphatic carbocycles. The molecule has 0 bridgehead atoms. The number of carbonyl (C=O) groups excluding carboxylic acids is 1. The molecule has 2 aromatic heterocycles. The Kier molecular flexibility index (Phi) is 7.55. The molecule has 4 aromatic rings. The Balaban J connectivity index is 1.43. The van der Waals surface area contributed by atoms with Gasteiger partial charge in [-0.3, -0.25) is 10.00 Å².